The Balaban J connectivity index is -0.000000372. The summed E-state index contributed by atoms with van der Waals surface area (Å²) < 4.78 is 28.7. The van der Waals surface area contributed by atoms with E-state index >= 15 is 0 Å². The van der Waals surface area contributed by atoms with E-state index in [1.807, 2.05) is 0 Å². The van der Waals surface area contributed by atoms with Gasteiger partial charge in [-0.1, -0.05) is 64.7 Å². The first kappa shape index (κ1) is 29.6. The fraction of sp³-hybridized carbons (Fsp3) is 0.812. The van der Waals surface area contributed by atoms with E-state index in [0.717, 1.165) is 6.42 Å². The smallest absolute Gasteiger partial charge is 0.481 e. The fourth-order valence-corrected chi connectivity index (χ4v) is 2.57. The van der Waals surface area contributed by atoms with Gasteiger partial charge in [0.2, 0.25) is 0 Å². The molecule has 0 heterocycles. The molecule has 0 bridgehead atoms. The molecule has 0 aliphatic heterocycles. The van der Waals surface area contributed by atoms with Gasteiger partial charge in [0.05, 0.1) is 6.42 Å². The maximum Gasteiger partial charge on any atom is 1.00 e. The predicted molar refractivity (Wildman–Crippen MR) is 92.4 cm³/mol. The van der Waals surface area contributed by atoms with E-state index in [1.165, 1.54) is 57.8 Å². The van der Waals surface area contributed by atoms with Crippen LogP contribution in [0.4, 0.5) is 0 Å². The number of hydrogen-bond acceptors (Lipinski definition) is 4. The van der Waals surface area contributed by atoms with Crippen molar-refractivity contribution >= 4 is 22.1 Å². The molecule has 3 N–H and O–H groups in total. The fourth-order valence-electron chi connectivity index (χ4n) is 1.97. The van der Waals surface area contributed by atoms with Crippen LogP contribution in [0.15, 0.2) is 0 Å². The Morgan fingerprint density at radius 2 is 1.32 bits per heavy atom. The molecule has 0 aromatic heterocycles. The van der Waals surface area contributed by atoms with Crippen molar-refractivity contribution in [1.29, 1.82) is 0 Å². The van der Waals surface area contributed by atoms with Crippen LogP contribution < -0.4 is 29.6 Å². The van der Waals surface area contributed by atoms with Crippen LogP contribution in [0.25, 0.3) is 0 Å². The Bertz CT molecular complexity index is 428. The number of carboxylic acids is 2. The molecular formula is C16H31NaO7S. The SMILES string of the molecule is O=C(O)CC(C(=O)O)S(=O)(=O)O.[CH2-]CCCCCCCCCCC.[Na+]. The van der Waals surface area contributed by atoms with Gasteiger partial charge in [0.1, 0.15) is 0 Å². The van der Waals surface area contributed by atoms with Gasteiger partial charge >= 0.3 is 41.5 Å². The summed E-state index contributed by atoms with van der Waals surface area (Å²) in [4.78, 5) is 20.0. The van der Waals surface area contributed by atoms with Crippen LogP contribution in [0.2, 0.25) is 0 Å². The minimum atomic E-state index is -4.84. The van der Waals surface area contributed by atoms with E-state index in [2.05, 4.69) is 13.8 Å². The van der Waals surface area contributed by atoms with Gasteiger partial charge in [0.25, 0.3) is 10.1 Å². The summed E-state index contributed by atoms with van der Waals surface area (Å²) in [7, 11) is -4.84. The van der Waals surface area contributed by atoms with E-state index in [-0.39, 0.29) is 29.6 Å². The molecule has 7 nitrogen and oxygen atoms in total. The van der Waals surface area contributed by atoms with E-state index in [9.17, 15) is 18.0 Å². The Labute approximate surface area is 173 Å². The van der Waals surface area contributed by atoms with Crippen LogP contribution in [0, 0.1) is 6.92 Å². The minimum Gasteiger partial charge on any atom is -0.481 e. The van der Waals surface area contributed by atoms with Crippen molar-refractivity contribution in [2.45, 2.75) is 82.8 Å². The summed E-state index contributed by atoms with van der Waals surface area (Å²) in [5.74, 6) is -3.50. The minimum absolute atomic E-state index is 0. The molecular weight excluding hydrogens is 359 g/mol. The zero-order valence-electron chi connectivity index (χ0n) is 15.4. The molecule has 25 heavy (non-hydrogen) atoms. The van der Waals surface area contributed by atoms with Crippen molar-refractivity contribution in [2.24, 2.45) is 0 Å². The average molecular weight is 390 g/mol. The molecule has 0 radical (unpaired) electrons. The maximum absolute atomic E-state index is 10.2. The Morgan fingerprint density at radius 1 is 0.920 bits per heavy atom. The summed E-state index contributed by atoms with van der Waals surface area (Å²) in [5.41, 5.74) is 0. The third-order valence-corrected chi connectivity index (χ3v) is 4.44. The molecule has 1 atom stereocenters. The summed E-state index contributed by atoms with van der Waals surface area (Å²) in [5, 5.41) is 13.9. The van der Waals surface area contributed by atoms with Gasteiger partial charge < -0.3 is 17.1 Å². The monoisotopic (exact) mass is 390 g/mol. The van der Waals surface area contributed by atoms with Crippen molar-refractivity contribution in [2.75, 3.05) is 0 Å². The van der Waals surface area contributed by atoms with Gasteiger partial charge in [-0.25, -0.2) is 0 Å². The van der Waals surface area contributed by atoms with Crippen LogP contribution in [0.3, 0.4) is 0 Å². The molecule has 0 aliphatic carbocycles. The molecule has 0 aromatic carbocycles. The van der Waals surface area contributed by atoms with Gasteiger partial charge in [0.15, 0.2) is 5.25 Å². The largest absolute Gasteiger partial charge is 1.00 e. The van der Waals surface area contributed by atoms with Crippen LogP contribution in [0.5, 0.6) is 0 Å². The van der Waals surface area contributed by atoms with Gasteiger partial charge in [-0.15, -0.1) is 0 Å². The first-order valence-electron chi connectivity index (χ1n) is 8.36. The van der Waals surface area contributed by atoms with Gasteiger partial charge in [0, 0.05) is 0 Å². The molecule has 0 rings (SSSR count). The normalized spacial score (nSPS) is 11.6. The topological polar surface area (TPSA) is 129 Å². The molecule has 144 valence electrons. The van der Waals surface area contributed by atoms with Crippen molar-refractivity contribution in [1.82, 2.24) is 0 Å². The molecule has 0 amide bonds. The summed E-state index contributed by atoms with van der Waals surface area (Å²) >= 11 is 0. The maximum atomic E-state index is 10.2. The van der Waals surface area contributed by atoms with Crippen molar-refractivity contribution in [3.8, 4) is 0 Å². The van der Waals surface area contributed by atoms with Crippen LogP contribution in [-0.2, 0) is 19.7 Å². The van der Waals surface area contributed by atoms with E-state index in [1.54, 1.807) is 0 Å². The van der Waals surface area contributed by atoms with Crippen LogP contribution >= 0.6 is 0 Å². The van der Waals surface area contributed by atoms with Crippen molar-refractivity contribution in [3.05, 3.63) is 6.92 Å². The van der Waals surface area contributed by atoms with Gasteiger partial charge in [-0.05, 0) is 0 Å². The number of carbonyl (C=O) groups is 2. The zero-order valence-corrected chi connectivity index (χ0v) is 18.3. The summed E-state index contributed by atoms with van der Waals surface area (Å²) in [6, 6.07) is 0. The Hall–Kier alpha value is -0.150. The third-order valence-electron chi connectivity index (χ3n) is 3.35. The van der Waals surface area contributed by atoms with E-state index in [0.29, 0.717) is 0 Å². The number of unbranched alkanes of at least 4 members (excludes halogenated alkanes) is 9. The molecule has 0 aliphatic rings. The standard InChI is InChI=1S/C12H25.C4H6O7S.Na/c1-3-5-7-9-11-12-10-8-6-4-2;5-3(6)1-2(4(7)8)12(9,10)11;/h1,3-12H2,2H3;2H,1H2,(H,5,6)(H,7,8)(H,9,10,11);/q-1;;+1. The van der Waals surface area contributed by atoms with Gasteiger partial charge in [-0.2, -0.15) is 14.8 Å². The first-order chi connectivity index (χ1) is 11.2. The second-order valence-electron chi connectivity index (χ2n) is 5.62. The third kappa shape index (κ3) is 21.8. The summed E-state index contributed by atoms with van der Waals surface area (Å²) in [6.07, 6.45) is 12.7. The van der Waals surface area contributed by atoms with E-state index in [4.69, 9.17) is 14.8 Å². The first-order valence-corrected chi connectivity index (χ1v) is 9.87. The van der Waals surface area contributed by atoms with E-state index < -0.39 is 33.7 Å². The quantitative estimate of drug-likeness (QED) is 0.181. The van der Waals surface area contributed by atoms with Crippen LogP contribution in [-0.4, -0.2) is 40.4 Å². The van der Waals surface area contributed by atoms with Crippen LogP contribution in [0.1, 0.15) is 77.6 Å². The molecule has 9 heteroatoms. The summed E-state index contributed by atoms with van der Waals surface area (Å²) in [6.45, 7) is 6.12. The second-order valence-corrected chi connectivity index (χ2v) is 7.22. The Kier molecular flexibility index (Phi) is 22.1. The average Bonchev–Trinajstić information content (AvgIpc) is 2.47. The molecule has 0 spiro atoms. The molecule has 0 saturated heterocycles. The molecule has 0 saturated carbocycles. The van der Waals surface area contributed by atoms with Gasteiger partial charge in [-0.3, -0.25) is 14.1 Å². The zero-order chi connectivity index (χ0) is 19.0. The number of hydrogen-bond donors (Lipinski definition) is 3. The number of rotatable bonds is 13. The Morgan fingerprint density at radius 3 is 1.56 bits per heavy atom. The predicted octanol–water partition coefficient (Wildman–Crippen LogP) is 0.547. The second kappa shape index (κ2) is 18.6. The number of carboxylic acid groups (broad SMARTS) is 2. The van der Waals surface area contributed by atoms with Crippen molar-refractivity contribution < 1.29 is 62.3 Å². The molecule has 1 unspecified atom stereocenters. The molecule has 0 aromatic rings. The number of aliphatic carboxylic acids is 2. The molecule has 0 fully saturated rings. The van der Waals surface area contributed by atoms with Crippen molar-refractivity contribution in [3.63, 3.8) is 0 Å².